The van der Waals surface area contributed by atoms with Crippen LogP contribution in [-0.2, 0) is 33.2 Å². The number of carbonyl (C=O) groups excluding carboxylic acids is 8. The quantitative estimate of drug-likeness (QED) is 0.0639. The Morgan fingerprint density at radius 1 is 0.366 bits per heavy atom. The number of rotatable bonds is 7. The zero-order chi connectivity index (χ0) is 102. The number of nitrogens with one attached hydrogen (secondary N) is 6. The molecule has 0 aromatic carbocycles. The molecule has 0 saturated carbocycles. The first-order valence-corrected chi connectivity index (χ1v) is 51.3. The topological polar surface area (TPSA) is 436 Å². The van der Waals surface area contributed by atoms with Crippen LogP contribution in [0.2, 0.25) is 0 Å². The van der Waals surface area contributed by atoms with Crippen molar-refractivity contribution in [3.8, 4) is 0 Å². The van der Waals surface area contributed by atoms with E-state index >= 15 is 0 Å². The molecular weight excluding hydrogens is 1770 g/mol. The minimum absolute atomic E-state index is 0.0458. The van der Waals surface area contributed by atoms with Crippen LogP contribution in [0.3, 0.4) is 0 Å². The largest absolute Gasteiger partial charge is 0.509 e. The first kappa shape index (κ1) is 125. The molecular formula is C102H182N10O19S3. The van der Waals surface area contributed by atoms with Gasteiger partial charge in [0.25, 0.3) is 10.5 Å². The van der Waals surface area contributed by atoms with E-state index in [2.05, 4.69) is 38.0 Å². The lowest BCUT2D eigenvalue weighted by Gasteiger charge is -2.27. The highest BCUT2D eigenvalue weighted by Gasteiger charge is 2.31. The number of ether oxygens (including phenoxy) is 7. The lowest BCUT2D eigenvalue weighted by Crippen LogP contribution is -2.45. The summed E-state index contributed by atoms with van der Waals surface area (Å²) in [5, 5.41) is 56.5. The summed E-state index contributed by atoms with van der Waals surface area (Å²) in [5.74, 6) is 0. The maximum Gasteiger partial charge on any atom is 0.509 e. The van der Waals surface area contributed by atoms with Gasteiger partial charge in [0, 0.05) is 64.1 Å². The third kappa shape index (κ3) is 72.7. The van der Waals surface area contributed by atoms with Crippen molar-refractivity contribution in [3.63, 3.8) is 0 Å². The molecule has 0 aromatic rings. The minimum Gasteiger partial charge on any atom is -0.450 e. The number of hydrogen-bond acceptors (Lipinski definition) is 26. The van der Waals surface area contributed by atoms with Crippen LogP contribution in [-0.4, -0.2) is 225 Å². The van der Waals surface area contributed by atoms with Crippen molar-refractivity contribution in [2.75, 3.05) is 26.2 Å². The molecule has 0 spiro atoms. The number of amides is 6. The van der Waals surface area contributed by atoms with Gasteiger partial charge in [-0.15, -0.1) is 0 Å². The summed E-state index contributed by atoms with van der Waals surface area (Å²) >= 11 is 3.79. The van der Waals surface area contributed by atoms with Gasteiger partial charge in [-0.25, -0.2) is 28.8 Å². The fourth-order valence-corrected chi connectivity index (χ4v) is 15.7. The molecule has 16 N–H and O–H groups in total. The number of aliphatic hydroxyl groups excluding tert-OH is 4. The van der Waals surface area contributed by atoms with Gasteiger partial charge in [-0.1, -0.05) is 191 Å². The molecule has 772 valence electrons. The monoisotopic (exact) mass is 1950 g/mol. The number of hydrogen-bond donors (Lipinski definition) is 13. The summed E-state index contributed by atoms with van der Waals surface area (Å²) in [5.41, 5.74) is 15.4. The molecule has 7 aliphatic carbocycles. The van der Waals surface area contributed by atoms with Gasteiger partial charge in [0.05, 0.1) is 48.6 Å². The number of thioether (sulfide) groups is 3. The molecule has 134 heavy (non-hydrogen) atoms. The summed E-state index contributed by atoms with van der Waals surface area (Å²) in [6.45, 7) is 48.9. The molecule has 0 radical (unpaired) electrons. The Hall–Kier alpha value is -6.59. The van der Waals surface area contributed by atoms with Crippen molar-refractivity contribution in [3.05, 3.63) is 97.2 Å². The fourth-order valence-electron chi connectivity index (χ4n) is 13.5. The van der Waals surface area contributed by atoms with Crippen LogP contribution in [0.5, 0.6) is 0 Å². The predicted molar refractivity (Wildman–Crippen MR) is 549 cm³/mol. The standard InChI is InChI=1S/C13H24N2O2.3C13H23NO3.3C13H23NO2S.C11H20N2O2/c1-13(2,3)15-12(16)17-11-8-4-6-10(14)7-5-9-11;1-13(2,3)17-12(15)16-11-8-4-6-10(14)7-5-9-11;2*1-13(2,3)17-12(16)14-10-8-6-4-5-7-9-11(10)15;1-13(2,3)17-12(15)16-11-8-4-6-10(14)7-5-9-11;2*1-13(2,3)17-12(16)14-10-8-6-4-5-7-9-11(10)15;1-11(2,3)15-10(14)13-8-5-4-6-12-7-9-13/h4,8,10-11H,5-7,9,14H2,1-3H3,(H,15,16);4,8,10-11H,5-7,9,14H2,1-3H3;7,9-11,15H,4-6,8H2,1-3H3,(H,14,16);6,8,10-11,15H,4-5,7,9H2,1-3H3,(H,14,16);4,8,10-11H,5-7,9,14H2,1-3H3;7,9-11,15H,4-6,8H2,1-3H3,(H,14,16);6,8,10-11,15H,4-5,7,9H2,1-3H3,(H,14,16);4-5,12H,6-9H2,1-3H3/b2*8-4+;9-7+;8-6+;8-4+;9-7+;8-6+;5-4+/t3*10-,11?;10?,11-;2*10-,11?;10?,11-;/m1111111./s1. The van der Waals surface area contributed by atoms with E-state index in [0.29, 0.717) is 19.5 Å². The molecule has 0 bridgehead atoms. The smallest absolute Gasteiger partial charge is 0.450 e. The second-order valence-corrected chi connectivity index (χ2v) is 48.4. The van der Waals surface area contributed by atoms with Crippen molar-refractivity contribution in [1.29, 1.82) is 0 Å². The molecule has 6 amide bonds. The molecule has 0 fully saturated rings. The van der Waals surface area contributed by atoms with E-state index in [0.717, 1.165) is 186 Å². The molecule has 1 heterocycles. The van der Waals surface area contributed by atoms with Gasteiger partial charge in [0.15, 0.2) is 0 Å². The number of allylic oxidation sites excluding steroid dienone is 4. The number of carbonyl (C=O) groups is 8. The summed E-state index contributed by atoms with van der Waals surface area (Å²) in [6.07, 6.45) is 53.2. The molecule has 29 nitrogen and oxygen atoms in total. The number of nitrogens with zero attached hydrogens (tertiary/aromatic N) is 1. The van der Waals surface area contributed by atoms with Gasteiger partial charge in [0.2, 0.25) is 0 Å². The Labute approximate surface area is 819 Å². The predicted octanol–water partition coefficient (Wildman–Crippen LogP) is 20.9. The molecule has 14 atom stereocenters. The third-order valence-electron chi connectivity index (χ3n) is 19.8. The van der Waals surface area contributed by atoms with E-state index in [1.165, 1.54) is 35.3 Å². The number of nitrogens with two attached hydrogens (primary N) is 3. The normalized spacial score (nSPS) is 27.0. The van der Waals surface area contributed by atoms with Crippen LogP contribution in [0.4, 0.5) is 38.4 Å². The van der Waals surface area contributed by atoms with Crippen molar-refractivity contribution in [2.24, 2.45) is 17.2 Å². The van der Waals surface area contributed by atoms with Gasteiger partial charge in [-0.2, -0.15) is 0 Å². The van der Waals surface area contributed by atoms with E-state index in [4.69, 9.17) is 50.4 Å². The average molecular weight is 1950 g/mol. The van der Waals surface area contributed by atoms with Crippen LogP contribution < -0.4 is 49.1 Å². The van der Waals surface area contributed by atoms with Crippen molar-refractivity contribution < 1.29 is 91.9 Å². The molecule has 7 unspecified atom stereocenters. The summed E-state index contributed by atoms with van der Waals surface area (Å²) in [6, 6.07) is -0.241. The van der Waals surface area contributed by atoms with E-state index in [9.17, 15) is 58.8 Å². The maximum absolute atomic E-state index is 11.8. The number of aliphatic hydroxyl groups is 4. The molecule has 32 heteroatoms. The van der Waals surface area contributed by atoms with Gasteiger partial charge >= 0.3 is 35.8 Å². The van der Waals surface area contributed by atoms with E-state index in [1.54, 1.807) is 17.1 Å². The van der Waals surface area contributed by atoms with Gasteiger partial charge in [-0.05, 0) is 288 Å². The summed E-state index contributed by atoms with van der Waals surface area (Å²) in [4.78, 5) is 94.9. The lowest BCUT2D eigenvalue weighted by atomic mass is 9.99. The highest BCUT2D eigenvalue weighted by molar-refractivity contribution is 8.15. The molecule has 0 saturated heterocycles. The average Bonchev–Trinajstić information content (AvgIpc) is 0.922. The van der Waals surface area contributed by atoms with Gasteiger partial charge < -0.3 is 108 Å². The summed E-state index contributed by atoms with van der Waals surface area (Å²) < 4.78 is 36.5. The van der Waals surface area contributed by atoms with Crippen LogP contribution in [0.15, 0.2) is 97.2 Å². The SMILES string of the molecule is CC(C)(C)NC(=O)OC1/C=C/C[C@@H](N)CCC1.CC(C)(C)OC(=O)N1C/C=C/CNCC1.CC(C)(C)OC(=O)NC1/C=C/CCCC[C@H]1O.CC(C)(C)OC(=O)N[C@@H]1CCCC/C=C/C1O.CC(C)(C)OC(=O)OC1/C=C/C[C@@H](N)CCC1.CC(C)(C)SC(=O)NC1/C=C/CCCC[C@H]1O.CC(C)(C)SC(=O)N[C@@H]1CCCC/C=C/C1O.CC(C)(C)SC(=O)OC1/C=C/C[C@@H](N)CCC1. The second kappa shape index (κ2) is 65.4. The number of alkyl carbamates (subject to hydrolysis) is 3. The Morgan fingerprint density at radius 3 is 1.15 bits per heavy atom. The second-order valence-electron chi connectivity index (χ2n) is 43.0. The molecule has 0 aromatic heterocycles. The van der Waals surface area contributed by atoms with Gasteiger partial charge in [-0.3, -0.25) is 9.59 Å². The van der Waals surface area contributed by atoms with Crippen LogP contribution in [0, 0.1) is 0 Å². The zero-order valence-corrected chi connectivity index (χ0v) is 88.7. The van der Waals surface area contributed by atoms with Crippen LogP contribution in [0.25, 0.3) is 0 Å². The highest BCUT2D eigenvalue weighted by atomic mass is 32.2. The minimum atomic E-state index is -0.622. The summed E-state index contributed by atoms with van der Waals surface area (Å²) in [7, 11) is 0. The van der Waals surface area contributed by atoms with Crippen molar-refractivity contribution in [2.45, 2.75) is 473 Å². The maximum atomic E-state index is 11.8. The lowest BCUT2D eigenvalue weighted by molar-refractivity contribution is -0.0201. The zero-order valence-electron chi connectivity index (χ0n) is 86.3. The van der Waals surface area contributed by atoms with E-state index < -0.39 is 65.2 Å². The first-order valence-electron chi connectivity index (χ1n) is 48.9. The Balaban J connectivity index is 0.000000766. The Bertz CT molecular complexity index is 3340. The van der Waals surface area contributed by atoms with Crippen LogP contribution >= 0.6 is 35.3 Å². The van der Waals surface area contributed by atoms with Crippen molar-refractivity contribution in [1.82, 2.24) is 36.8 Å². The van der Waals surface area contributed by atoms with Gasteiger partial charge in [0.1, 0.15) is 40.7 Å². The van der Waals surface area contributed by atoms with Crippen molar-refractivity contribution >= 4 is 81.6 Å². The fraction of sp³-hybridized carbons (Fsp3) is 0.765. The molecule has 1 aliphatic heterocycles. The third-order valence-corrected chi connectivity index (χ3v) is 22.5. The van der Waals surface area contributed by atoms with Crippen LogP contribution in [0.1, 0.15) is 346 Å². The van der Waals surface area contributed by atoms with E-state index in [-0.39, 0.29) is 108 Å². The molecule has 8 rings (SSSR count). The molecule has 8 aliphatic rings. The van der Waals surface area contributed by atoms with E-state index in [1.807, 2.05) is 245 Å². The highest BCUT2D eigenvalue weighted by Crippen LogP contribution is 2.30. The Morgan fingerprint density at radius 2 is 0.739 bits per heavy atom. The Kier molecular flexibility index (Phi) is 61.2. The first-order chi connectivity index (χ1) is 62.1.